The third-order valence-electron chi connectivity index (χ3n) is 4.12. The van der Waals surface area contributed by atoms with E-state index >= 15 is 0 Å². The van der Waals surface area contributed by atoms with Gasteiger partial charge in [-0.1, -0.05) is 12.8 Å². The first kappa shape index (κ1) is 14.7. The lowest BCUT2D eigenvalue weighted by Crippen LogP contribution is -2.43. The number of hydrogen-bond acceptors (Lipinski definition) is 4. The fraction of sp³-hybridized carbons (Fsp3) is 0.846. The summed E-state index contributed by atoms with van der Waals surface area (Å²) in [5.41, 5.74) is 0. The molecule has 19 heavy (non-hydrogen) atoms. The molecule has 108 valence electrons. The number of amides is 1. The number of carboxylic acids is 1. The van der Waals surface area contributed by atoms with E-state index in [1.54, 1.807) is 0 Å². The Balaban J connectivity index is 1.80. The van der Waals surface area contributed by atoms with Gasteiger partial charge in [-0.15, -0.1) is 0 Å². The topological polar surface area (TPSA) is 75.6 Å². The number of carbonyl (C=O) groups excluding carboxylic acids is 1. The van der Waals surface area contributed by atoms with Crippen LogP contribution in [-0.4, -0.2) is 46.7 Å². The summed E-state index contributed by atoms with van der Waals surface area (Å²) in [7, 11) is 0. The van der Waals surface area contributed by atoms with Crippen LogP contribution in [0.15, 0.2) is 0 Å². The molecule has 0 spiro atoms. The van der Waals surface area contributed by atoms with Gasteiger partial charge in [0.05, 0.1) is 0 Å². The number of ether oxygens (including phenoxy) is 1. The molecule has 1 saturated carbocycles. The summed E-state index contributed by atoms with van der Waals surface area (Å²) in [5.74, 6) is -1.14. The maximum absolute atomic E-state index is 12.0. The van der Waals surface area contributed by atoms with Crippen LogP contribution in [0, 0.1) is 0 Å². The third kappa shape index (κ3) is 3.42. The smallest absolute Gasteiger partial charge is 0.332 e. The van der Waals surface area contributed by atoms with Crippen LogP contribution < -0.4 is 5.32 Å². The van der Waals surface area contributed by atoms with Crippen molar-refractivity contribution in [3.05, 3.63) is 0 Å². The van der Waals surface area contributed by atoms with E-state index in [1.807, 2.05) is 11.8 Å². The Labute approximate surface area is 117 Å². The van der Waals surface area contributed by atoms with Gasteiger partial charge in [0.2, 0.25) is 5.91 Å². The van der Waals surface area contributed by atoms with Crippen LogP contribution in [0.5, 0.6) is 0 Å². The fourth-order valence-electron chi connectivity index (χ4n) is 2.85. The molecule has 0 aromatic heterocycles. The lowest BCUT2D eigenvalue weighted by molar-refractivity contribution is -0.151. The van der Waals surface area contributed by atoms with Crippen LogP contribution >= 0.6 is 11.8 Å². The minimum atomic E-state index is -0.980. The largest absolute Gasteiger partial charge is 0.479 e. The number of thioether (sulfide) groups is 1. The van der Waals surface area contributed by atoms with Crippen molar-refractivity contribution in [3.63, 3.8) is 0 Å². The average Bonchev–Trinajstić information content (AvgIpc) is 3.06. The predicted octanol–water partition coefficient (Wildman–Crippen LogP) is 1.41. The quantitative estimate of drug-likeness (QED) is 0.799. The zero-order chi connectivity index (χ0) is 13.9. The van der Waals surface area contributed by atoms with Crippen molar-refractivity contribution in [2.75, 3.05) is 12.8 Å². The molecule has 0 bridgehead atoms. The third-order valence-corrected chi connectivity index (χ3v) is 5.54. The van der Waals surface area contributed by atoms with E-state index in [1.165, 1.54) is 12.8 Å². The lowest BCUT2D eigenvalue weighted by atomic mass is 10.1. The summed E-state index contributed by atoms with van der Waals surface area (Å²) in [6, 6.07) is 0. The highest BCUT2D eigenvalue weighted by molar-refractivity contribution is 8.00. The summed E-state index contributed by atoms with van der Waals surface area (Å²) in [4.78, 5) is 22.8. The molecule has 2 N–H and O–H groups in total. The van der Waals surface area contributed by atoms with Crippen LogP contribution in [0.4, 0.5) is 0 Å². The molecular weight excluding hydrogens is 266 g/mol. The summed E-state index contributed by atoms with van der Waals surface area (Å²) < 4.78 is 5.42. The van der Waals surface area contributed by atoms with E-state index in [4.69, 9.17) is 9.84 Å². The van der Waals surface area contributed by atoms with Crippen LogP contribution in [0.25, 0.3) is 0 Å². The average molecular weight is 287 g/mol. The van der Waals surface area contributed by atoms with Crippen LogP contribution in [0.3, 0.4) is 0 Å². The van der Waals surface area contributed by atoms with Crippen LogP contribution in [0.1, 0.15) is 38.5 Å². The fourth-order valence-corrected chi connectivity index (χ4v) is 3.76. The molecule has 1 aliphatic carbocycles. The molecule has 5 nitrogen and oxygen atoms in total. The zero-order valence-corrected chi connectivity index (χ0v) is 12.0. The van der Waals surface area contributed by atoms with Crippen molar-refractivity contribution in [2.45, 2.75) is 55.5 Å². The molecule has 0 radical (unpaired) electrons. The molecule has 2 atom stereocenters. The molecule has 2 unspecified atom stereocenters. The van der Waals surface area contributed by atoms with Crippen molar-refractivity contribution < 1.29 is 19.4 Å². The Hall–Kier alpha value is -0.750. The standard InChI is InChI=1S/C13H21NO4S/c1-19-13(6-2-3-7-13)8-14-11(15)9-4-5-10(18-9)12(16)17/h9-10H,2-8H2,1H3,(H,14,15)(H,16,17). The van der Waals surface area contributed by atoms with Gasteiger partial charge in [0.1, 0.15) is 6.10 Å². The molecule has 0 aromatic rings. The summed E-state index contributed by atoms with van der Waals surface area (Å²) in [6.45, 7) is 0.657. The second-order valence-electron chi connectivity index (χ2n) is 5.34. The van der Waals surface area contributed by atoms with Gasteiger partial charge >= 0.3 is 5.97 Å². The normalized spacial score (nSPS) is 29.3. The molecule has 1 heterocycles. The summed E-state index contributed by atoms with van der Waals surface area (Å²) >= 11 is 1.82. The minimum Gasteiger partial charge on any atom is -0.479 e. The first-order chi connectivity index (χ1) is 9.06. The maximum Gasteiger partial charge on any atom is 0.332 e. The first-order valence-electron chi connectivity index (χ1n) is 6.77. The second kappa shape index (κ2) is 6.13. The molecule has 0 aromatic carbocycles. The van der Waals surface area contributed by atoms with Crippen LogP contribution in [0.2, 0.25) is 0 Å². The van der Waals surface area contributed by atoms with Gasteiger partial charge in [-0.3, -0.25) is 4.79 Å². The van der Waals surface area contributed by atoms with E-state index in [9.17, 15) is 9.59 Å². The van der Waals surface area contributed by atoms with Gasteiger partial charge in [-0.05, 0) is 31.9 Å². The molecule has 6 heteroatoms. The van der Waals surface area contributed by atoms with Crippen LogP contribution in [-0.2, 0) is 14.3 Å². The van der Waals surface area contributed by atoms with Crippen molar-refractivity contribution in [2.24, 2.45) is 0 Å². The maximum atomic E-state index is 12.0. The van der Waals surface area contributed by atoms with Crippen molar-refractivity contribution >= 4 is 23.6 Å². The summed E-state index contributed by atoms with van der Waals surface area (Å²) in [5, 5.41) is 11.8. The second-order valence-corrected chi connectivity index (χ2v) is 6.62. The Morgan fingerprint density at radius 1 is 1.32 bits per heavy atom. The molecule has 2 rings (SSSR count). The number of rotatable bonds is 5. The van der Waals surface area contributed by atoms with Gasteiger partial charge in [-0.25, -0.2) is 4.79 Å². The Bertz CT molecular complexity index is 355. The monoisotopic (exact) mass is 287 g/mol. The predicted molar refractivity (Wildman–Crippen MR) is 73.3 cm³/mol. The van der Waals surface area contributed by atoms with Gasteiger partial charge in [-0.2, -0.15) is 11.8 Å². The van der Waals surface area contributed by atoms with Gasteiger partial charge in [0.15, 0.2) is 6.10 Å². The van der Waals surface area contributed by atoms with Gasteiger partial charge in [0.25, 0.3) is 0 Å². The van der Waals surface area contributed by atoms with Gasteiger partial charge in [0, 0.05) is 11.3 Å². The molecule has 1 amide bonds. The molecule has 1 saturated heterocycles. The number of nitrogens with one attached hydrogen (secondary N) is 1. The SMILES string of the molecule is CSC1(CNC(=O)C2CCC(C(=O)O)O2)CCCC1. The number of aliphatic carboxylic acids is 1. The van der Waals surface area contributed by atoms with Crippen molar-refractivity contribution in [1.29, 1.82) is 0 Å². The Morgan fingerprint density at radius 3 is 2.47 bits per heavy atom. The Kier molecular flexibility index (Phi) is 4.73. The van der Waals surface area contributed by atoms with Crippen molar-refractivity contribution in [3.8, 4) is 0 Å². The minimum absolute atomic E-state index is 0.163. The number of carboxylic acid groups (broad SMARTS) is 1. The van der Waals surface area contributed by atoms with E-state index in [0.29, 0.717) is 19.4 Å². The Morgan fingerprint density at radius 2 is 1.95 bits per heavy atom. The highest BCUT2D eigenvalue weighted by atomic mass is 32.2. The summed E-state index contributed by atoms with van der Waals surface area (Å²) in [6.07, 6.45) is 6.29. The van der Waals surface area contributed by atoms with E-state index < -0.39 is 18.2 Å². The van der Waals surface area contributed by atoms with E-state index in [0.717, 1.165) is 12.8 Å². The van der Waals surface area contributed by atoms with Gasteiger partial charge < -0.3 is 15.2 Å². The highest BCUT2D eigenvalue weighted by Gasteiger charge is 2.37. The highest BCUT2D eigenvalue weighted by Crippen LogP contribution is 2.39. The van der Waals surface area contributed by atoms with E-state index in [2.05, 4.69) is 11.6 Å². The van der Waals surface area contributed by atoms with Crippen molar-refractivity contribution in [1.82, 2.24) is 5.32 Å². The molecule has 1 aliphatic heterocycles. The first-order valence-corrected chi connectivity index (χ1v) is 8.00. The lowest BCUT2D eigenvalue weighted by Gasteiger charge is -2.27. The molecule has 2 fully saturated rings. The molecule has 2 aliphatic rings. The molecular formula is C13H21NO4S. The van der Waals surface area contributed by atoms with E-state index in [-0.39, 0.29) is 10.7 Å². The number of hydrogen-bond donors (Lipinski definition) is 2. The number of carbonyl (C=O) groups is 2. The zero-order valence-electron chi connectivity index (χ0n) is 11.2.